The van der Waals surface area contributed by atoms with Crippen LogP contribution in [0.15, 0.2) is 36.4 Å². The number of carbonyl (C=O) groups excluding carboxylic acids is 2. The second-order valence-corrected chi connectivity index (χ2v) is 13.4. The maximum atomic E-state index is 15.8. The van der Waals surface area contributed by atoms with E-state index in [1.807, 2.05) is 6.07 Å². The van der Waals surface area contributed by atoms with Crippen molar-refractivity contribution < 1.29 is 19.1 Å². The Morgan fingerprint density at radius 3 is 2.56 bits per heavy atom. The Hall–Kier alpha value is -2.19. The molecular formula is C30H36Cl2FN3O3. The highest BCUT2D eigenvalue weighted by atomic mass is 35.5. The average molecular weight is 577 g/mol. The zero-order valence-electron chi connectivity index (χ0n) is 22.5. The van der Waals surface area contributed by atoms with E-state index in [0.717, 1.165) is 25.7 Å². The summed E-state index contributed by atoms with van der Waals surface area (Å²) < 4.78 is 15.8. The largest absolute Gasteiger partial charge is 0.393 e. The molecule has 1 saturated heterocycles. The molecule has 6 nitrogen and oxygen atoms in total. The summed E-state index contributed by atoms with van der Waals surface area (Å²) in [5, 5.41) is 19.9. The van der Waals surface area contributed by atoms with Crippen molar-refractivity contribution in [3.05, 3.63) is 63.4 Å². The summed E-state index contributed by atoms with van der Waals surface area (Å²) in [4.78, 5) is 28.1. The van der Waals surface area contributed by atoms with Crippen molar-refractivity contribution in [1.82, 2.24) is 10.6 Å². The van der Waals surface area contributed by atoms with Gasteiger partial charge in [-0.2, -0.15) is 0 Å². The van der Waals surface area contributed by atoms with E-state index in [1.54, 1.807) is 24.3 Å². The first kappa shape index (κ1) is 28.3. The maximum absolute atomic E-state index is 15.8. The summed E-state index contributed by atoms with van der Waals surface area (Å²) in [5.74, 6) is -1.80. The van der Waals surface area contributed by atoms with E-state index in [1.165, 1.54) is 6.07 Å². The molecule has 2 heterocycles. The molecule has 0 radical (unpaired) electrons. The SMILES string of the molecule is CC(C)(C)C[C@H]1N[C@@H](C(=O)NCC2CCC(O)CC2)[C@H](c2cccc(Cl)c2F)[C@@]12C(=O)Nc1cc(Cl)ccc12. The molecule has 4 atom stereocenters. The molecule has 2 amide bonds. The van der Waals surface area contributed by atoms with E-state index in [9.17, 15) is 14.7 Å². The quantitative estimate of drug-likeness (QED) is 0.376. The van der Waals surface area contributed by atoms with Gasteiger partial charge in [-0.1, -0.05) is 62.2 Å². The summed E-state index contributed by atoms with van der Waals surface area (Å²) in [6.07, 6.45) is 3.38. The van der Waals surface area contributed by atoms with Crippen LogP contribution in [0, 0.1) is 17.2 Å². The number of nitrogens with one attached hydrogen (secondary N) is 3. The van der Waals surface area contributed by atoms with Gasteiger partial charge in [-0.15, -0.1) is 0 Å². The number of amides is 2. The van der Waals surface area contributed by atoms with Crippen LogP contribution >= 0.6 is 23.2 Å². The van der Waals surface area contributed by atoms with Crippen LogP contribution in [-0.4, -0.2) is 41.7 Å². The Kier molecular flexibility index (Phi) is 7.74. The maximum Gasteiger partial charge on any atom is 0.237 e. The van der Waals surface area contributed by atoms with Crippen molar-refractivity contribution in [2.24, 2.45) is 11.3 Å². The van der Waals surface area contributed by atoms with Crippen LogP contribution in [0.5, 0.6) is 0 Å². The molecule has 5 rings (SSSR count). The van der Waals surface area contributed by atoms with Gasteiger partial charge in [0.05, 0.1) is 17.2 Å². The molecule has 39 heavy (non-hydrogen) atoms. The molecule has 2 aliphatic heterocycles. The van der Waals surface area contributed by atoms with Crippen LogP contribution < -0.4 is 16.0 Å². The number of hydrogen-bond acceptors (Lipinski definition) is 4. The standard InChI is InChI=1S/C30H36Cl2FN3O3/c1-29(2,3)14-23-30(20-12-9-17(31)13-22(20)35-28(30)39)24(19-5-4-6-21(32)25(19)33)26(36-23)27(38)34-15-16-7-10-18(37)11-8-16/h4-6,9,12-13,16,18,23-24,26,36-37H,7-8,10-11,14-15H2,1-3H3,(H,34,38)(H,35,39)/t16?,18?,23-,24+,26-,30+/m1/s1. The second-order valence-electron chi connectivity index (χ2n) is 12.5. The van der Waals surface area contributed by atoms with E-state index >= 15 is 4.39 Å². The minimum absolute atomic E-state index is 0.0587. The lowest BCUT2D eigenvalue weighted by Crippen LogP contribution is -2.49. The number of aliphatic hydroxyl groups excluding tert-OH is 1. The van der Waals surface area contributed by atoms with Crippen molar-refractivity contribution in [1.29, 1.82) is 0 Å². The Morgan fingerprint density at radius 2 is 1.87 bits per heavy atom. The van der Waals surface area contributed by atoms with Crippen molar-refractivity contribution in [3.63, 3.8) is 0 Å². The van der Waals surface area contributed by atoms with Gasteiger partial charge in [-0.3, -0.25) is 9.59 Å². The molecule has 9 heteroatoms. The first-order valence-corrected chi connectivity index (χ1v) is 14.4. The lowest BCUT2D eigenvalue weighted by atomic mass is 9.62. The molecule has 4 N–H and O–H groups in total. The predicted molar refractivity (Wildman–Crippen MR) is 152 cm³/mol. The summed E-state index contributed by atoms with van der Waals surface area (Å²) in [6.45, 7) is 6.71. The lowest BCUT2D eigenvalue weighted by Gasteiger charge is -2.37. The third kappa shape index (κ3) is 5.19. The van der Waals surface area contributed by atoms with Crippen LogP contribution in [0.1, 0.15) is 69.9 Å². The second kappa shape index (κ2) is 10.7. The Balaban J connectivity index is 1.61. The van der Waals surface area contributed by atoms with Gasteiger partial charge >= 0.3 is 0 Å². The summed E-state index contributed by atoms with van der Waals surface area (Å²) >= 11 is 12.5. The van der Waals surface area contributed by atoms with Crippen LogP contribution in [0.3, 0.4) is 0 Å². The molecule has 2 aromatic rings. The summed E-state index contributed by atoms with van der Waals surface area (Å²) in [5.41, 5.74) is 0.0222. The minimum Gasteiger partial charge on any atom is -0.393 e. The average Bonchev–Trinajstić information content (AvgIpc) is 3.34. The molecule has 0 aromatic heterocycles. The normalized spacial score (nSPS) is 30.3. The van der Waals surface area contributed by atoms with Crippen molar-refractivity contribution in [2.45, 2.75) is 82.4 Å². The highest BCUT2D eigenvalue weighted by Crippen LogP contribution is 2.57. The predicted octanol–water partition coefficient (Wildman–Crippen LogP) is 5.55. The van der Waals surface area contributed by atoms with E-state index < -0.39 is 29.2 Å². The minimum atomic E-state index is -1.27. The molecular weight excluding hydrogens is 540 g/mol. The number of anilines is 1. The fraction of sp³-hybridized carbons (Fsp3) is 0.533. The van der Waals surface area contributed by atoms with Crippen LogP contribution in [0.25, 0.3) is 0 Å². The third-order valence-electron chi connectivity index (χ3n) is 8.60. The van der Waals surface area contributed by atoms with Gasteiger partial charge in [0.1, 0.15) is 11.2 Å². The summed E-state index contributed by atoms with van der Waals surface area (Å²) in [6, 6.07) is 8.65. The van der Waals surface area contributed by atoms with E-state index in [2.05, 4.69) is 36.7 Å². The van der Waals surface area contributed by atoms with Gasteiger partial charge in [0.15, 0.2) is 0 Å². The first-order valence-electron chi connectivity index (χ1n) is 13.7. The smallest absolute Gasteiger partial charge is 0.237 e. The molecule has 0 unspecified atom stereocenters. The van der Waals surface area contributed by atoms with Crippen molar-refractivity contribution >= 4 is 40.7 Å². The highest BCUT2D eigenvalue weighted by molar-refractivity contribution is 6.31. The van der Waals surface area contributed by atoms with Crippen LogP contribution in [-0.2, 0) is 15.0 Å². The number of carbonyl (C=O) groups is 2. The van der Waals surface area contributed by atoms with E-state index in [-0.39, 0.29) is 39.8 Å². The van der Waals surface area contributed by atoms with E-state index in [0.29, 0.717) is 29.2 Å². The molecule has 210 valence electrons. The topological polar surface area (TPSA) is 90.5 Å². The van der Waals surface area contributed by atoms with Crippen LogP contribution in [0.4, 0.5) is 10.1 Å². The van der Waals surface area contributed by atoms with Gasteiger partial charge in [0.25, 0.3) is 0 Å². The molecule has 2 fully saturated rings. The Morgan fingerprint density at radius 1 is 1.15 bits per heavy atom. The van der Waals surface area contributed by atoms with Gasteiger partial charge in [0.2, 0.25) is 11.8 Å². The third-order valence-corrected chi connectivity index (χ3v) is 9.13. The zero-order valence-corrected chi connectivity index (χ0v) is 24.0. The molecule has 3 aliphatic rings. The van der Waals surface area contributed by atoms with E-state index in [4.69, 9.17) is 23.2 Å². The first-order chi connectivity index (χ1) is 18.4. The Labute approximate surface area is 239 Å². The van der Waals surface area contributed by atoms with Gasteiger partial charge in [-0.05, 0) is 72.8 Å². The number of aliphatic hydroxyl groups is 1. The molecule has 1 spiro atoms. The molecule has 1 aliphatic carbocycles. The molecule has 1 saturated carbocycles. The number of fused-ring (bicyclic) bond motifs is 2. The Bertz CT molecular complexity index is 1270. The van der Waals surface area contributed by atoms with Crippen LogP contribution in [0.2, 0.25) is 10.0 Å². The van der Waals surface area contributed by atoms with Gasteiger partial charge in [0, 0.05) is 29.2 Å². The van der Waals surface area contributed by atoms with Gasteiger partial charge < -0.3 is 21.1 Å². The fourth-order valence-electron chi connectivity index (χ4n) is 6.86. The van der Waals surface area contributed by atoms with Crippen molar-refractivity contribution in [3.8, 4) is 0 Å². The number of rotatable bonds is 5. The van der Waals surface area contributed by atoms with Crippen molar-refractivity contribution in [2.75, 3.05) is 11.9 Å². The molecule has 0 bridgehead atoms. The monoisotopic (exact) mass is 575 g/mol. The molecule has 2 aromatic carbocycles. The number of halogens is 3. The number of hydrogen-bond donors (Lipinski definition) is 4. The van der Waals surface area contributed by atoms with Gasteiger partial charge in [-0.25, -0.2) is 4.39 Å². The highest BCUT2D eigenvalue weighted by Gasteiger charge is 2.66. The fourth-order valence-corrected chi connectivity index (χ4v) is 7.21. The zero-order chi connectivity index (χ0) is 28.1. The number of benzene rings is 2. The lowest BCUT2D eigenvalue weighted by molar-refractivity contribution is -0.124. The summed E-state index contributed by atoms with van der Waals surface area (Å²) in [7, 11) is 0.